The minimum atomic E-state index is -0.150. The lowest BCUT2D eigenvalue weighted by molar-refractivity contribution is -0.172. The van der Waals surface area contributed by atoms with Gasteiger partial charge in [-0.2, -0.15) is 0 Å². The summed E-state index contributed by atoms with van der Waals surface area (Å²) in [5.74, 6) is 1.41. The molecule has 2 bridgehead atoms. The van der Waals surface area contributed by atoms with Crippen LogP contribution < -0.4 is 0 Å². The molecule has 0 unspecified atom stereocenters. The summed E-state index contributed by atoms with van der Waals surface area (Å²) >= 11 is 0. The SMILES string of the molecule is C=C1C[C@]23C[C@H]1CC[C@H]2[C@]1(C)CCC[C@@H](C(=O)OC)[C@H]1CC3=O. The standard InChI is InChI=1S/C20H28O3/c1-12-10-20-11-13(12)6-7-16(20)19(2)8-4-5-14(18(22)23-3)15(19)9-17(20)21/h13-16H,1,4-11H2,2-3H3/t13-,14-,15-,16+,19-,20+/m1/s1. The predicted octanol–water partition coefficient (Wildman–Crippen LogP) is 3.92. The summed E-state index contributed by atoms with van der Waals surface area (Å²) in [6.07, 6.45) is 7.95. The number of ketones is 1. The Balaban J connectivity index is 1.75. The maximum Gasteiger partial charge on any atom is 0.308 e. The monoisotopic (exact) mass is 316 g/mol. The van der Waals surface area contributed by atoms with Gasteiger partial charge in [0.25, 0.3) is 0 Å². The van der Waals surface area contributed by atoms with Gasteiger partial charge in [0.15, 0.2) is 0 Å². The smallest absolute Gasteiger partial charge is 0.308 e. The predicted molar refractivity (Wildman–Crippen MR) is 87.6 cm³/mol. The van der Waals surface area contributed by atoms with Crippen molar-refractivity contribution < 1.29 is 14.3 Å². The molecular formula is C20H28O3. The molecule has 4 saturated carbocycles. The van der Waals surface area contributed by atoms with Gasteiger partial charge in [-0.25, -0.2) is 0 Å². The van der Waals surface area contributed by atoms with E-state index in [1.165, 1.54) is 19.1 Å². The van der Waals surface area contributed by atoms with Crippen molar-refractivity contribution in [3.63, 3.8) is 0 Å². The quantitative estimate of drug-likeness (QED) is 0.544. The molecule has 0 heterocycles. The second kappa shape index (κ2) is 4.94. The zero-order chi connectivity index (χ0) is 16.4. The molecule has 0 aromatic carbocycles. The number of hydrogen-bond donors (Lipinski definition) is 0. The summed E-state index contributed by atoms with van der Waals surface area (Å²) in [4.78, 5) is 25.5. The third kappa shape index (κ3) is 1.88. The highest BCUT2D eigenvalue weighted by Gasteiger charge is 2.66. The van der Waals surface area contributed by atoms with Crippen LogP contribution in [-0.4, -0.2) is 18.9 Å². The second-order valence-electron chi connectivity index (χ2n) is 8.78. The first-order chi connectivity index (χ1) is 10.9. The minimum absolute atomic E-state index is 0.0811. The van der Waals surface area contributed by atoms with E-state index in [-0.39, 0.29) is 28.6 Å². The number of ether oxygens (including phenoxy) is 1. The fourth-order valence-corrected chi connectivity index (χ4v) is 6.98. The van der Waals surface area contributed by atoms with Gasteiger partial charge in [-0.3, -0.25) is 9.59 Å². The van der Waals surface area contributed by atoms with Crippen molar-refractivity contribution >= 4 is 11.8 Å². The highest BCUT2D eigenvalue weighted by Crippen LogP contribution is 2.69. The maximum atomic E-state index is 13.2. The summed E-state index contributed by atoms with van der Waals surface area (Å²) in [6.45, 7) is 6.64. The Morgan fingerprint density at radius 2 is 2.09 bits per heavy atom. The van der Waals surface area contributed by atoms with E-state index >= 15 is 0 Å². The molecule has 1 spiro atoms. The van der Waals surface area contributed by atoms with Gasteiger partial charge in [0.1, 0.15) is 5.78 Å². The van der Waals surface area contributed by atoms with Crippen LogP contribution >= 0.6 is 0 Å². The number of esters is 1. The Kier molecular flexibility index (Phi) is 3.31. The van der Waals surface area contributed by atoms with Crippen LogP contribution in [0.15, 0.2) is 12.2 Å². The number of hydrogen-bond acceptors (Lipinski definition) is 3. The lowest BCUT2D eigenvalue weighted by Crippen LogP contribution is -2.58. The van der Waals surface area contributed by atoms with Crippen molar-refractivity contribution in [1.29, 1.82) is 0 Å². The third-order valence-electron chi connectivity index (χ3n) is 8.03. The van der Waals surface area contributed by atoms with Gasteiger partial charge in [0.2, 0.25) is 0 Å². The van der Waals surface area contributed by atoms with Gasteiger partial charge >= 0.3 is 5.97 Å². The molecule has 126 valence electrons. The fourth-order valence-electron chi connectivity index (χ4n) is 6.98. The second-order valence-corrected chi connectivity index (χ2v) is 8.78. The highest BCUT2D eigenvalue weighted by atomic mass is 16.5. The summed E-state index contributed by atoms with van der Waals surface area (Å²) < 4.78 is 5.07. The Hall–Kier alpha value is -1.12. The van der Waals surface area contributed by atoms with Crippen molar-refractivity contribution in [2.75, 3.05) is 7.11 Å². The largest absolute Gasteiger partial charge is 0.469 e. The first-order valence-corrected chi connectivity index (χ1v) is 9.21. The lowest BCUT2D eigenvalue weighted by Gasteiger charge is -2.60. The highest BCUT2D eigenvalue weighted by molar-refractivity contribution is 5.89. The van der Waals surface area contributed by atoms with E-state index in [9.17, 15) is 9.59 Å². The summed E-state index contributed by atoms with van der Waals surface area (Å²) in [6, 6.07) is 0. The van der Waals surface area contributed by atoms with Gasteiger partial charge in [-0.05, 0) is 61.7 Å². The molecule has 0 saturated heterocycles. The van der Waals surface area contributed by atoms with Gasteiger partial charge in [0.05, 0.1) is 13.0 Å². The molecule has 0 amide bonds. The van der Waals surface area contributed by atoms with Crippen LogP contribution in [0.2, 0.25) is 0 Å². The summed E-state index contributed by atoms with van der Waals surface area (Å²) in [5, 5.41) is 0. The van der Waals surface area contributed by atoms with Crippen LogP contribution in [0.25, 0.3) is 0 Å². The van der Waals surface area contributed by atoms with Gasteiger partial charge in [-0.1, -0.05) is 25.5 Å². The van der Waals surface area contributed by atoms with Crippen molar-refractivity contribution in [2.45, 2.75) is 58.3 Å². The maximum absolute atomic E-state index is 13.2. The molecule has 4 aliphatic rings. The topological polar surface area (TPSA) is 43.4 Å². The fraction of sp³-hybridized carbons (Fsp3) is 0.800. The molecule has 23 heavy (non-hydrogen) atoms. The van der Waals surface area contributed by atoms with Crippen LogP contribution in [0.4, 0.5) is 0 Å². The number of carbonyl (C=O) groups excluding carboxylic acids is 2. The zero-order valence-electron chi connectivity index (χ0n) is 14.4. The Bertz CT molecular complexity index is 579. The van der Waals surface area contributed by atoms with E-state index in [0.717, 1.165) is 38.5 Å². The van der Waals surface area contributed by atoms with Crippen LogP contribution in [0.3, 0.4) is 0 Å². The first-order valence-electron chi connectivity index (χ1n) is 9.21. The molecule has 4 rings (SSSR count). The molecule has 3 nitrogen and oxygen atoms in total. The molecule has 6 atom stereocenters. The van der Waals surface area contributed by atoms with Crippen molar-refractivity contribution in [2.24, 2.45) is 34.5 Å². The molecule has 0 aliphatic heterocycles. The van der Waals surface area contributed by atoms with Crippen LogP contribution in [0, 0.1) is 34.5 Å². The van der Waals surface area contributed by atoms with Gasteiger partial charge < -0.3 is 4.74 Å². The average molecular weight is 316 g/mol. The molecule has 0 aromatic heterocycles. The summed E-state index contributed by atoms with van der Waals surface area (Å²) in [7, 11) is 1.48. The van der Waals surface area contributed by atoms with E-state index in [1.807, 2.05) is 0 Å². The number of allylic oxidation sites excluding steroid dienone is 1. The molecule has 3 heteroatoms. The van der Waals surface area contributed by atoms with E-state index < -0.39 is 0 Å². The molecule has 4 fully saturated rings. The van der Waals surface area contributed by atoms with Crippen LogP contribution in [0.1, 0.15) is 58.3 Å². The number of Topliss-reactive ketones (excluding diaryl/α,β-unsaturated/α-hetero) is 1. The number of carbonyl (C=O) groups is 2. The van der Waals surface area contributed by atoms with Gasteiger partial charge in [0, 0.05) is 11.8 Å². The Morgan fingerprint density at radius 3 is 2.83 bits per heavy atom. The van der Waals surface area contributed by atoms with E-state index in [4.69, 9.17) is 4.74 Å². The Morgan fingerprint density at radius 1 is 1.30 bits per heavy atom. The molecule has 4 aliphatic carbocycles. The lowest BCUT2D eigenvalue weighted by atomic mass is 9.43. The first kappa shape index (κ1) is 15.4. The van der Waals surface area contributed by atoms with Crippen molar-refractivity contribution in [3.05, 3.63) is 12.2 Å². The normalized spacial score (nSPS) is 48.6. The Labute approximate surface area is 138 Å². The number of fused-ring (bicyclic) bond motifs is 3. The molecular weight excluding hydrogens is 288 g/mol. The third-order valence-corrected chi connectivity index (χ3v) is 8.03. The van der Waals surface area contributed by atoms with Crippen LogP contribution in [0.5, 0.6) is 0 Å². The minimum Gasteiger partial charge on any atom is -0.469 e. The number of rotatable bonds is 1. The summed E-state index contributed by atoms with van der Waals surface area (Å²) in [5.41, 5.74) is 1.27. The van der Waals surface area contributed by atoms with E-state index in [1.54, 1.807) is 0 Å². The van der Waals surface area contributed by atoms with Crippen molar-refractivity contribution in [1.82, 2.24) is 0 Å². The van der Waals surface area contributed by atoms with Crippen molar-refractivity contribution in [3.8, 4) is 0 Å². The van der Waals surface area contributed by atoms with Crippen LogP contribution in [-0.2, 0) is 14.3 Å². The average Bonchev–Trinajstić information content (AvgIpc) is 2.78. The van der Waals surface area contributed by atoms with E-state index in [0.29, 0.717) is 24.0 Å². The molecule has 0 radical (unpaired) electrons. The zero-order valence-corrected chi connectivity index (χ0v) is 14.4. The van der Waals surface area contributed by atoms with E-state index in [2.05, 4.69) is 13.5 Å². The van der Waals surface area contributed by atoms with Gasteiger partial charge in [-0.15, -0.1) is 0 Å². The number of methoxy groups -OCH3 is 1. The molecule has 0 aromatic rings. The molecule has 0 N–H and O–H groups in total.